The molecule has 0 spiro atoms. The fraction of sp³-hybridized carbons (Fsp3) is 0.111. The van der Waals surface area contributed by atoms with E-state index >= 15 is 0 Å². The van der Waals surface area contributed by atoms with Gasteiger partial charge in [-0.3, -0.25) is 4.79 Å². The van der Waals surface area contributed by atoms with Crippen molar-refractivity contribution in [3.05, 3.63) is 65.2 Å². The van der Waals surface area contributed by atoms with Crippen molar-refractivity contribution >= 4 is 15.8 Å². The standard InChI is InChI=1S/C18H16INO4/c19-18(24)15-11-13(3-7-16(15)22)4-8-17(23)20-10-9-12-1-5-14(21)6-2-12/h1-8,11,19H,9-10H2,(H2-,20,21,22,23,24)/p+1. The summed E-state index contributed by atoms with van der Waals surface area (Å²) < 4.78 is -0.225. The van der Waals surface area contributed by atoms with Crippen LogP contribution in [0, 0.1) is 0 Å². The molecule has 0 atom stereocenters. The minimum absolute atomic E-state index is 0.0688. The summed E-state index contributed by atoms with van der Waals surface area (Å²) in [6.45, 7) is 0.475. The highest BCUT2D eigenvalue weighted by molar-refractivity contribution is 5.93. The maximum Gasteiger partial charge on any atom is 0.394 e. The van der Waals surface area contributed by atoms with Gasteiger partial charge in [0.2, 0.25) is 5.91 Å². The summed E-state index contributed by atoms with van der Waals surface area (Å²) in [5.74, 6) is -0.0997. The van der Waals surface area contributed by atoms with Crippen molar-refractivity contribution in [3.8, 4) is 11.5 Å². The predicted molar refractivity (Wildman–Crippen MR) is 87.7 cm³/mol. The molecule has 0 bridgehead atoms. The molecule has 5 nitrogen and oxygen atoms in total. The number of halogens is 1. The molecule has 2 rings (SSSR count). The van der Waals surface area contributed by atoms with E-state index in [-0.39, 0.29) is 26.8 Å². The highest BCUT2D eigenvalue weighted by Crippen LogP contribution is 2.18. The van der Waals surface area contributed by atoms with Gasteiger partial charge in [-0.05, 0) is 47.9 Å². The Morgan fingerprint density at radius 2 is 1.79 bits per heavy atom. The van der Waals surface area contributed by atoms with E-state index in [9.17, 15) is 19.8 Å². The van der Waals surface area contributed by atoms with Crippen LogP contribution >= 0.6 is 0 Å². The third kappa shape index (κ3) is 5.38. The molecule has 24 heavy (non-hydrogen) atoms. The average Bonchev–Trinajstić information content (AvgIpc) is 2.55. The fourth-order valence-corrected chi connectivity index (χ4v) is 2.51. The number of carbonyl (C=O) groups is 2. The monoisotopic (exact) mass is 438 g/mol. The van der Waals surface area contributed by atoms with E-state index in [2.05, 4.69) is 5.32 Å². The molecule has 0 aromatic heterocycles. The molecule has 0 aliphatic heterocycles. The molecule has 3 N–H and O–H groups in total. The van der Waals surface area contributed by atoms with Gasteiger partial charge in [-0.25, -0.2) is 4.79 Å². The molecular weight excluding hydrogens is 421 g/mol. The van der Waals surface area contributed by atoms with Crippen molar-refractivity contribution < 1.29 is 42.4 Å². The highest BCUT2D eigenvalue weighted by Gasteiger charge is 2.14. The minimum atomic E-state index is -0.244. The van der Waals surface area contributed by atoms with Crippen molar-refractivity contribution in [2.24, 2.45) is 0 Å². The lowest BCUT2D eigenvalue weighted by molar-refractivity contribution is -0.255. The van der Waals surface area contributed by atoms with E-state index < -0.39 is 0 Å². The van der Waals surface area contributed by atoms with Crippen LogP contribution < -0.4 is 27.9 Å². The number of rotatable bonds is 6. The Balaban J connectivity index is 1.87. The third-order valence-corrected chi connectivity index (χ3v) is 3.94. The largest absolute Gasteiger partial charge is 0.508 e. The molecule has 0 saturated carbocycles. The molecule has 0 radical (unpaired) electrons. The van der Waals surface area contributed by atoms with Crippen LogP contribution in [0.5, 0.6) is 11.5 Å². The van der Waals surface area contributed by atoms with Gasteiger partial charge in [-0.1, -0.05) is 18.2 Å². The molecule has 6 heteroatoms. The molecule has 0 unspecified atom stereocenters. The van der Waals surface area contributed by atoms with E-state index in [1.54, 1.807) is 42.5 Å². The summed E-state index contributed by atoms with van der Waals surface area (Å²) in [6.07, 6.45) is 3.63. The van der Waals surface area contributed by atoms with Gasteiger partial charge in [0, 0.05) is 12.6 Å². The van der Waals surface area contributed by atoms with Crippen molar-refractivity contribution in [3.63, 3.8) is 0 Å². The van der Waals surface area contributed by atoms with Crippen LogP contribution in [0.4, 0.5) is 0 Å². The van der Waals surface area contributed by atoms with Gasteiger partial charge < -0.3 is 15.5 Å². The molecule has 124 valence electrons. The van der Waals surface area contributed by atoms with E-state index in [0.717, 1.165) is 5.56 Å². The van der Waals surface area contributed by atoms with Crippen molar-refractivity contribution in [2.45, 2.75) is 6.42 Å². The molecular formula is C18H17INO4+. The fourth-order valence-electron chi connectivity index (χ4n) is 2.04. The summed E-state index contributed by atoms with van der Waals surface area (Å²) in [6, 6.07) is 11.4. The van der Waals surface area contributed by atoms with Crippen molar-refractivity contribution in [1.82, 2.24) is 5.32 Å². The predicted octanol–water partition coefficient (Wildman–Crippen LogP) is -1.10. The summed E-state index contributed by atoms with van der Waals surface area (Å²) in [7, 11) is 0. The lowest BCUT2D eigenvalue weighted by atomic mass is 10.1. The third-order valence-electron chi connectivity index (χ3n) is 3.32. The van der Waals surface area contributed by atoms with E-state index in [1.165, 1.54) is 34.7 Å². The highest BCUT2D eigenvalue weighted by atomic mass is 127. The van der Waals surface area contributed by atoms with Crippen LogP contribution in [0.15, 0.2) is 48.5 Å². The van der Waals surface area contributed by atoms with Crippen LogP contribution in [0.2, 0.25) is 0 Å². The first-order valence-electron chi connectivity index (χ1n) is 7.24. The summed E-state index contributed by atoms with van der Waals surface area (Å²) >= 11 is 1.30. The molecule has 0 heterocycles. The zero-order valence-electron chi connectivity index (χ0n) is 12.7. The molecule has 1 amide bonds. The Bertz CT molecular complexity index is 769. The second-order valence-corrected chi connectivity index (χ2v) is 6.16. The maximum atomic E-state index is 11.8. The Morgan fingerprint density at radius 3 is 2.46 bits per heavy atom. The van der Waals surface area contributed by atoms with Crippen LogP contribution in [0.3, 0.4) is 0 Å². The average molecular weight is 438 g/mol. The zero-order valence-corrected chi connectivity index (χ0v) is 15.1. The van der Waals surface area contributed by atoms with Crippen LogP contribution in [0.25, 0.3) is 6.08 Å². The summed E-state index contributed by atoms with van der Waals surface area (Å²) in [5, 5.41) is 21.6. The Hall–Kier alpha value is -2.35. The van der Waals surface area contributed by atoms with E-state index in [0.29, 0.717) is 18.5 Å². The second kappa shape index (κ2) is 8.49. The first kappa shape index (κ1) is 18.0. The van der Waals surface area contributed by atoms with Gasteiger partial charge in [0.1, 0.15) is 17.1 Å². The zero-order chi connectivity index (χ0) is 17.5. The normalized spacial score (nSPS) is 10.7. The second-order valence-electron chi connectivity index (χ2n) is 5.10. The molecule has 2 aromatic rings. The molecule has 0 fully saturated rings. The minimum Gasteiger partial charge on any atom is -0.508 e. The van der Waals surface area contributed by atoms with Gasteiger partial charge in [-0.15, -0.1) is 0 Å². The number of amides is 1. The number of benzene rings is 2. The number of carbonyl (C=O) groups excluding carboxylic acids is 2. The number of nitrogens with one attached hydrogen (secondary N) is 1. The van der Waals surface area contributed by atoms with Gasteiger partial charge in [0.25, 0.3) is 0 Å². The first-order valence-corrected chi connectivity index (χ1v) is 8.40. The topological polar surface area (TPSA) is 86.6 Å². The smallest absolute Gasteiger partial charge is 0.394 e. The SMILES string of the molecule is O=C(/C=C/c1ccc(O)c(C(=O)[IH+])c1)NCCc1ccc(O)cc1. The molecule has 2 aromatic carbocycles. The number of hydrogen-bond donors (Lipinski definition) is 3. The van der Waals surface area contributed by atoms with E-state index in [4.69, 9.17) is 0 Å². The number of phenols is 2. The lowest BCUT2D eigenvalue weighted by Gasteiger charge is -2.03. The molecule has 0 saturated heterocycles. The summed E-state index contributed by atoms with van der Waals surface area (Å²) in [5.41, 5.74) is 1.91. The molecule has 0 aliphatic rings. The lowest BCUT2D eigenvalue weighted by Crippen LogP contribution is -3.38. The van der Waals surface area contributed by atoms with Crippen molar-refractivity contribution in [1.29, 1.82) is 0 Å². The molecule has 0 aliphatic carbocycles. The first-order chi connectivity index (χ1) is 11.5. The van der Waals surface area contributed by atoms with E-state index in [1.807, 2.05) is 0 Å². The Labute approximate surface area is 153 Å². The number of aromatic hydroxyl groups is 2. The quantitative estimate of drug-likeness (QED) is 0.304. The van der Waals surface area contributed by atoms with Crippen molar-refractivity contribution in [2.75, 3.05) is 6.54 Å². The van der Waals surface area contributed by atoms with Gasteiger partial charge >= 0.3 is 26.4 Å². The number of phenolic OH excluding ortho intramolecular Hbond substituents is 2. The Morgan fingerprint density at radius 1 is 1.08 bits per heavy atom. The van der Waals surface area contributed by atoms with Gasteiger partial charge in [0.15, 0.2) is 0 Å². The Kier molecular flexibility index (Phi) is 6.36. The van der Waals surface area contributed by atoms with Gasteiger partial charge in [-0.2, -0.15) is 0 Å². The van der Waals surface area contributed by atoms with Crippen LogP contribution in [-0.4, -0.2) is 26.5 Å². The maximum absolute atomic E-state index is 11.8. The summed E-state index contributed by atoms with van der Waals surface area (Å²) in [4.78, 5) is 23.2. The van der Waals surface area contributed by atoms with Crippen LogP contribution in [-0.2, 0) is 11.2 Å². The van der Waals surface area contributed by atoms with Gasteiger partial charge in [0.05, 0.1) is 0 Å². The van der Waals surface area contributed by atoms with Crippen LogP contribution in [0.1, 0.15) is 21.5 Å². The number of hydrogen-bond acceptors (Lipinski definition) is 4.